The van der Waals surface area contributed by atoms with E-state index < -0.39 is 63.8 Å². The Kier molecular flexibility index (Phi) is 27.1. The second-order valence-corrected chi connectivity index (χ2v) is 53.6. The number of methoxy groups -OCH3 is 1. The van der Waals surface area contributed by atoms with Crippen molar-refractivity contribution in [3.8, 4) is 5.75 Å². The lowest BCUT2D eigenvalue weighted by Crippen LogP contribution is -2.69. The van der Waals surface area contributed by atoms with Gasteiger partial charge in [-0.3, -0.25) is 0 Å². The Balaban J connectivity index is 1.19. The highest BCUT2D eigenvalue weighted by Gasteiger charge is 2.59. The Morgan fingerprint density at radius 2 is 1.19 bits per heavy atom. The van der Waals surface area contributed by atoms with Crippen molar-refractivity contribution in [3.63, 3.8) is 0 Å². The maximum Gasteiger partial charge on any atom is 0.193 e. The molecule has 5 aliphatic heterocycles. The van der Waals surface area contributed by atoms with Crippen LogP contribution in [0.3, 0.4) is 0 Å². The Bertz CT molecular complexity index is 2510. The first-order valence-electron chi connectivity index (χ1n) is 35.5. The highest BCUT2D eigenvalue weighted by Crippen LogP contribution is 2.50. The Morgan fingerprint density at radius 3 is 1.75 bits per heavy atom. The van der Waals surface area contributed by atoms with Crippen molar-refractivity contribution in [3.05, 3.63) is 78.9 Å². The zero-order valence-corrected chi connectivity index (χ0v) is 66.3. The van der Waals surface area contributed by atoms with E-state index >= 15 is 0 Å². The van der Waals surface area contributed by atoms with E-state index in [1.807, 2.05) is 24.3 Å². The third kappa shape index (κ3) is 20.1. The smallest absolute Gasteiger partial charge is 0.193 e. The Labute approximate surface area is 560 Å². The number of fused-ring (bicyclic) bond motifs is 1. The maximum absolute atomic E-state index is 12.1. The highest BCUT2D eigenvalue weighted by molar-refractivity contribution is 6.75. The number of allylic oxidation sites excluding steroid dienone is 1. The molecule has 91 heavy (non-hydrogen) atoms. The van der Waals surface area contributed by atoms with Crippen LogP contribution >= 0.6 is 0 Å². The largest absolute Gasteiger partial charge is 0.497 e. The van der Waals surface area contributed by atoms with Crippen molar-refractivity contribution in [1.29, 1.82) is 0 Å². The van der Waals surface area contributed by atoms with Crippen molar-refractivity contribution < 1.29 is 56.0 Å². The average Bonchev–Trinajstić information content (AvgIpc) is 1.10. The normalized spacial score (nSPS) is 32.7. The van der Waals surface area contributed by atoms with Gasteiger partial charge in [-0.15, -0.1) is 6.58 Å². The molecule has 6 rings (SSSR count). The van der Waals surface area contributed by atoms with Gasteiger partial charge in [0.15, 0.2) is 33.3 Å². The molecule has 19 atom stereocenters. The van der Waals surface area contributed by atoms with Gasteiger partial charge in [-0.05, 0) is 177 Å². The second kappa shape index (κ2) is 31.5. The minimum atomic E-state index is -2.53. The van der Waals surface area contributed by atoms with E-state index in [2.05, 4.69) is 201 Å². The molecule has 0 saturated carbocycles. The minimum absolute atomic E-state index is 0.00255. The van der Waals surface area contributed by atoms with Crippen LogP contribution in [0.4, 0.5) is 0 Å². The zero-order chi connectivity index (χ0) is 68.2. The van der Waals surface area contributed by atoms with E-state index in [4.69, 9.17) is 50.9 Å². The SMILES string of the molecule is C=CCCC1O[C@@H]([C@H](/C=C/C(O)CC[C@H]2CC(=C)C(CC[C@H]3C[C@@H](C)C(=C)[C@@H](CC4OC5CC(C)[C@@H](CCC)O[C@H]5[C@H](C)[C@H]4OCc4ccc(OC)cc4)O3)O2)O[Si](C)(C)C(C)(C)C)[C@@H](O[Si](C)(C)C(C)(C)C)[C@@H](O[Si](C)(C)C(C)(C)C)[C@H]1O[Si](C)(C)C(C)(C)C. The molecular formula is C75H134O12Si4. The molecule has 1 N–H and O–H groups in total. The summed E-state index contributed by atoms with van der Waals surface area (Å²) in [6.07, 6.45) is 11.9. The van der Waals surface area contributed by atoms with Crippen molar-refractivity contribution in [2.24, 2.45) is 17.8 Å². The molecule has 0 aromatic heterocycles. The Morgan fingerprint density at radius 1 is 0.615 bits per heavy atom. The van der Waals surface area contributed by atoms with E-state index in [1.54, 1.807) is 7.11 Å². The molecule has 0 radical (unpaired) electrons. The predicted octanol–water partition coefficient (Wildman–Crippen LogP) is 18.8. The fourth-order valence-corrected chi connectivity index (χ4v) is 18.2. The predicted molar refractivity (Wildman–Crippen MR) is 385 cm³/mol. The van der Waals surface area contributed by atoms with Gasteiger partial charge < -0.3 is 56.0 Å². The van der Waals surface area contributed by atoms with Gasteiger partial charge >= 0.3 is 0 Å². The van der Waals surface area contributed by atoms with Crippen LogP contribution in [0.2, 0.25) is 72.5 Å². The summed E-state index contributed by atoms with van der Waals surface area (Å²) in [6.45, 7) is 69.3. The number of aliphatic hydroxyl groups excluding tert-OH is 1. The number of hydrogen-bond donors (Lipinski definition) is 1. The molecule has 16 heteroatoms. The molecule has 0 spiro atoms. The fraction of sp³-hybridized carbons (Fsp3) is 0.813. The molecule has 1 aromatic carbocycles. The van der Waals surface area contributed by atoms with Crippen LogP contribution in [0.15, 0.2) is 73.4 Å². The van der Waals surface area contributed by atoms with Crippen LogP contribution in [0.1, 0.15) is 193 Å². The van der Waals surface area contributed by atoms with Crippen LogP contribution in [0, 0.1) is 17.8 Å². The molecule has 12 nitrogen and oxygen atoms in total. The van der Waals surface area contributed by atoms with E-state index in [-0.39, 0.29) is 93.2 Å². The molecule has 5 saturated heterocycles. The van der Waals surface area contributed by atoms with Crippen LogP contribution in [0.5, 0.6) is 5.75 Å². The number of ether oxygens (including phenoxy) is 7. The van der Waals surface area contributed by atoms with Gasteiger partial charge in [-0.2, -0.15) is 0 Å². The lowest BCUT2D eigenvalue weighted by atomic mass is 9.78. The van der Waals surface area contributed by atoms with E-state index in [9.17, 15) is 5.11 Å². The summed E-state index contributed by atoms with van der Waals surface area (Å²) in [7, 11) is -8.22. The Hall–Kier alpha value is -1.59. The molecule has 6 unspecified atom stereocenters. The first kappa shape index (κ1) is 78.4. The molecular weight excluding hydrogens is 1210 g/mol. The maximum atomic E-state index is 12.1. The van der Waals surface area contributed by atoms with Crippen LogP contribution in [0.25, 0.3) is 0 Å². The molecule has 0 bridgehead atoms. The second-order valence-electron chi connectivity index (χ2n) is 34.6. The molecule has 522 valence electrons. The fourth-order valence-electron chi connectivity index (χ4n) is 13.0. The summed E-state index contributed by atoms with van der Waals surface area (Å²) in [6, 6.07) is 8.13. The molecule has 0 amide bonds. The summed E-state index contributed by atoms with van der Waals surface area (Å²) in [5, 5.41) is 11.8. The van der Waals surface area contributed by atoms with Crippen molar-refractivity contribution in [2.45, 2.75) is 365 Å². The first-order valence-corrected chi connectivity index (χ1v) is 47.1. The average molecular weight is 1340 g/mol. The van der Waals surface area contributed by atoms with Gasteiger partial charge in [-0.1, -0.05) is 161 Å². The van der Waals surface area contributed by atoms with Gasteiger partial charge in [0.2, 0.25) is 0 Å². The first-order chi connectivity index (χ1) is 41.9. The topological polar surface area (TPSA) is 122 Å². The van der Waals surface area contributed by atoms with Crippen LogP contribution in [-0.4, -0.2) is 143 Å². The lowest BCUT2D eigenvalue weighted by Gasteiger charge is -2.56. The molecule has 1 aromatic rings. The van der Waals surface area contributed by atoms with Crippen molar-refractivity contribution >= 4 is 33.3 Å². The van der Waals surface area contributed by atoms with Crippen LogP contribution < -0.4 is 4.74 Å². The van der Waals surface area contributed by atoms with Gasteiger partial charge in [0.1, 0.15) is 24.1 Å². The van der Waals surface area contributed by atoms with Crippen molar-refractivity contribution in [1.82, 2.24) is 0 Å². The van der Waals surface area contributed by atoms with Gasteiger partial charge in [-0.25, -0.2) is 0 Å². The van der Waals surface area contributed by atoms with E-state index in [0.717, 1.165) is 73.8 Å². The number of rotatable bonds is 28. The lowest BCUT2D eigenvalue weighted by molar-refractivity contribution is -0.269. The highest BCUT2D eigenvalue weighted by atomic mass is 28.4. The van der Waals surface area contributed by atoms with Gasteiger partial charge in [0.25, 0.3) is 0 Å². The molecule has 0 aliphatic carbocycles. The number of hydrogen-bond acceptors (Lipinski definition) is 12. The molecule has 5 heterocycles. The summed E-state index contributed by atoms with van der Waals surface area (Å²) in [4.78, 5) is 0. The summed E-state index contributed by atoms with van der Waals surface area (Å²) >= 11 is 0. The summed E-state index contributed by atoms with van der Waals surface area (Å²) < 4.78 is 78.9. The van der Waals surface area contributed by atoms with E-state index in [1.165, 1.54) is 0 Å². The van der Waals surface area contributed by atoms with Gasteiger partial charge in [0.05, 0.1) is 93.1 Å². The molecule has 5 fully saturated rings. The third-order valence-corrected chi connectivity index (χ3v) is 41.2. The zero-order valence-electron chi connectivity index (χ0n) is 62.3. The molecule has 5 aliphatic rings. The van der Waals surface area contributed by atoms with Crippen LogP contribution in [-0.2, 0) is 52.7 Å². The minimum Gasteiger partial charge on any atom is -0.497 e. The number of aliphatic hydroxyl groups is 1. The summed E-state index contributed by atoms with van der Waals surface area (Å²) in [5.74, 6) is 1.67. The van der Waals surface area contributed by atoms with E-state index in [0.29, 0.717) is 44.1 Å². The third-order valence-electron chi connectivity index (χ3n) is 23.3. The van der Waals surface area contributed by atoms with Gasteiger partial charge in [0, 0.05) is 12.3 Å². The number of benzene rings is 1. The quantitative estimate of drug-likeness (QED) is 0.0635. The monoisotopic (exact) mass is 1340 g/mol. The summed E-state index contributed by atoms with van der Waals surface area (Å²) in [5.41, 5.74) is 3.33. The van der Waals surface area contributed by atoms with Crippen molar-refractivity contribution in [2.75, 3.05) is 7.11 Å². The standard InChI is InChI=1S/C75H134O12Si4/c1-29-31-33-61-69(85-89(23,24)73(11,12)13)71(87-91(27,28)75(17,18)19)70(86-90(25,26)74(14,15)16)68(83-61)62(84-88(21,22)72(8,9)10)42-37-55(76)36-40-57-45-50(4)60(79-57)43-41-58-44-49(3)52(6)63(80-58)47-65-66(78-48-54-34-38-56(77-20)39-35-54)53(7)67-64(81-65)46-51(5)59(82-67)32-30-2/h29,34-35,37-39,42,49,51,53,55,57-71,76H,1,4,6,30-33,36,40-41,43-48H2,2-3,5,7-28H3/b42-37+/t49-,51?,53-,55?,57+,58+,59-,60?,61?,62+,63-,64?,65?,66-,67+,68+,69+,70-,71+/m1/s1.